The second-order valence-corrected chi connectivity index (χ2v) is 6.78. The van der Waals surface area contributed by atoms with Crippen molar-refractivity contribution in [3.8, 4) is 0 Å². The summed E-state index contributed by atoms with van der Waals surface area (Å²) in [7, 11) is 0. The number of ether oxygens (including phenoxy) is 2. The topological polar surface area (TPSA) is 30.5 Å². The molecule has 1 spiro atoms. The van der Waals surface area contributed by atoms with E-state index in [1.165, 1.54) is 0 Å². The maximum atomic E-state index is 6.15. The molecule has 5 heteroatoms. The van der Waals surface area contributed by atoms with E-state index in [0.717, 1.165) is 60.7 Å². The Kier molecular flexibility index (Phi) is 4.55. The Balaban J connectivity index is 1.69. The van der Waals surface area contributed by atoms with E-state index in [1.807, 2.05) is 12.1 Å². The fourth-order valence-electron chi connectivity index (χ4n) is 3.08. The standard InChI is InChI=1S/C15H19BrClNO2/c16-14-12(17)2-1-3-13(14)18-11-4-7-20-15(10-11)5-8-19-9-6-15/h1-3,11,18H,4-10H2. The summed E-state index contributed by atoms with van der Waals surface area (Å²) in [6.45, 7) is 2.44. The van der Waals surface area contributed by atoms with Gasteiger partial charge in [0.05, 0.1) is 20.8 Å². The van der Waals surface area contributed by atoms with Crippen LogP contribution in [0.3, 0.4) is 0 Å². The highest BCUT2D eigenvalue weighted by Crippen LogP contribution is 2.37. The molecule has 0 radical (unpaired) electrons. The van der Waals surface area contributed by atoms with Crippen LogP contribution in [0, 0.1) is 0 Å². The quantitative estimate of drug-likeness (QED) is 0.855. The highest BCUT2D eigenvalue weighted by atomic mass is 79.9. The van der Waals surface area contributed by atoms with Gasteiger partial charge in [0.2, 0.25) is 0 Å². The summed E-state index contributed by atoms with van der Waals surface area (Å²) in [4.78, 5) is 0. The SMILES string of the molecule is Clc1cccc(NC2CCOC3(CCOCC3)C2)c1Br. The first-order valence-electron chi connectivity index (χ1n) is 7.11. The van der Waals surface area contributed by atoms with Gasteiger partial charge in [0.15, 0.2) is 0 Å². The Bertz CT molecular complexity index is 471. The van der Waals surface area contributed by atoms with Crippen molar-refractivity contribution in [3.05, 3.63) is 27.7 Å². The van der Waals surface area contributed by atoms with Crippen molar-refractivity contribution in [2.75, 3.05) is 25.1 Å². The Hall–Kier alpha value is -0.290. The highest BCUT2D eigenvalue weighted by molar-refractivity contribution is 9.10. The van der Waals surface area contributed by atoms with Crippen molar-refractivity contribution in [1.82, 2.24) is 0 Å². The second kappa shape index (κ2) is 6.22. The lowest BCUT2D eigenvalue weighted by atomic mass is 9.84. The van der Waals surface area contributed by atoms with Crippen molar-refractivity contribution < 1.29 is 9.47 Å². The van der Waals surface area contributed by atoms with E-state index in [2.05, 4.69) is 27.3 Å². The van der Waals surface area contributed by atoms with Crippen molar-refractivity contribution in [1.29, 1.82) is 0 Å². The summed E-state index contributed by atoms with van der Waals surface area (Å²) in [6.07, 6.45) is 4.07. The van der Waals surface area contributed by atoms with E-state index in [-0.39, 0.29) is 5.60 Å². The van der Waals surface area contributed by atoms with E-state index < -0.39 is 0 Å². The first kappa shape index (κ1) is 14.6. The molecular weight excluding hydrogens is 342 g/mol. The van der Waals surface area contributed by atoms with Crippen molar-refractivity contribution in [3.63, 3.8) is 0 Å². The third-order valence-corrected chi connectivity index (χ3v) is 5.61. The van der Waals surface area contributed by atoms with Crippen LogP contribution < -0.4 is 5.32 Å². The van der Waals surface area contributed by atoms with Crippen LogP contribution in [0.4, 0.5) is 5.69 Å². The highest BCUT2D eigenvalue weighted by Gasteiger charge is 2.39. The molecule has 110 valence electrons. The molecule has 0 amide bonds. The molecule has 2 aliphatic rings. The minimum Gasteiger partial charge on any atom is -0.381 e. The minimum atomic E-state index is 0.0131. The predicted octanol–water partition coefficient (Wildman–Crippen LogP) is 4.24. The molecule has 3 nitrogen and oxygen atoms in total. The monoisotopic (exact) mass is 359 g/mol. The summed E-state index contributed by atoms with van der Waals surface area (Å²) in [5.74, 6) is 0. The van der Waals surface area contributed by atoms with Gasteiger partial charge in [-0.2, -0.15) is 0 Å². The van der Waals surface area contributed by atoms with Gasteiger partial charge in [-0.05, 0) is 53.7 Å². The maximum Gasteiger partial charge on any atom is 0.0745 e. The molecule has 1 aromatic rings. The second-order valence-electron chi connectivity index (χ2n) is 5.58. The third kappa shape index (κ3) is 3.14. The Morgan fingerprint density at radius 2 is 2.05 bits per heavy atom. The fraction of sp³-hybridized carbons (Fsp3) is 0.600. The Morgan fingerprint density at radius 3 is 2.85 bits per heavy atom. The molecular formula is C15H19BrClNO2. The molecule has 1 aromatic carbocycles. The van der Waals surface area contributed by atoms with Gasteiger partial charge in [0.1, 0.15) is 0 Å². The van der Waals surface area contributed by atoms with E-state index in [9.17, 15) is 0 Å². The zero-order valence-corrected chi connectivity index (χ0v) is 13.7. The van der Waals surface area contributed by atoms with Crippen LogP contribution in [-0.2, 0) is 9.47 Å². The lowest BCUT2D eigenvalue weighted by Crippen LogP contribution is -2.47. The van der Waals surface area contributed by atoms with Crippen LogP contribution in [-0.4, -0.2) is 31.5 Å². The maximum absolute atomic E-state index is 6.15. The van der Waals surface area contributed by atoms with Crippen molar-refractivity contribution in [2.24, 2.45) is 0 Å². The number of benzene rings is 1. The van der Waals surface area contributed by atoms with Gasteiger partial charge >= 0.3 is 0 Å². The fourth-order valence-corrected chi connectivity index (χ4v) is 3.63. The van der Waals surface area contributed by atoms with Gasteiger partial charge in [0.25, 0.3) is 0 Å². The Morgan fingerprint density at radius 1 is 1.25 bits per heavy atom. The van der Waals surface area contributed by atoms with Crippen LogP contribution in [0.25, 0.3) is 0 Å². The lowest BCUT2D eigenvalue weighted by molar-refractivity contribution is -0.135. The van der Waals surface area contributed by atoms with E-state index in [4.69, 9.17) is 21.1 Å². The molecule has 1 N–H and O–H groups in total. The molecule has 3 rings (SSSR count). The lowest BCUT2D eigenvalue weighted by Gasteiger charge is -2.43. The molecule has 0 bridgehead atoms. The zero-order valence-electron chi connectivity index (χ0n) is 11.3. The van der Waals surface area contributed by atoms with Crippen LogP contribution in [0.15, 0.2) is 22.7 Å². The smallest absolute Gasteiger partial charge is 0.0745 e. The third-order valence-electron chi connectivity index (χ3n) is 4.21. The molecule has 2 aliphatic heterocycles. The molecule has 1 unspecified atom stereocenters. The largest absolute Gasteiger partial charge is 0.381 e. The molecule has 2 saturated heterocycles. The number of halogens is 2. The van der Waals surface area contributed by atoms with Crippen LogP contribution in [0.2, 0.25) is 5.02 Å². The molecule has 20 heavy (non-hydrogen) atoms. The van der Waals surface area contributed by atoms with Gasteiger partial charge < -0.3 is 14.8 Å². The van der Waals surface area contributed by atoms with E-state index in [1.54, 1.807) is 0 Å². The van der Waals surface area contributed by atoms with Crippen molar-refractivity contribution >= 4 is 33.2 Å². The van der Waals surface area contributed by atoms with E-state index >= 15 is 0 Å². The number of anilines is 1. The van der Waals surface area contributed by atoms with Gasteiger partial charge in [-0.1, -0.05) is 17.7 Å². The normalized spacial score (nSPS) is 25.6. The zero-order chi connectivity index (χ0) is 14.0. The summed E-state index contributed by atoms with van der Waals surface area (Å²) >= 11 is 9.69. The molecule has 2 heterocycles. The number of nitrogens with one attached hydrogen (secondary N) is 1. The molecule has 2 fully saturated rings. The number of hydrogen-bond acceptors (Lipinski definition) is 3. The van der Waals surface area contributed by atoms with Crippen LogP contribution >= 0.6 is 27.5 Å². The van der Waals surface area contributed by atoms with E-state index in [0.29, 0.717) is 6.04 Å². The Labute approximate surface area is 133 Å². The first-order chi connectivity index (χ1) is 9.69. The summed E-state index contributed by atoms with van der Waals surface area (Å²) in [5, 5.41) is 4.35. The summed E-state index contributed by atoms with van der Waals surface area (Å²) in [6, 6.07) is 6.35. The van der Waals surface area contributed by atoms with Gasteiger partial charge in [0, 0.05) is 25.9 Å². The average Bonchev–Trinajstić information content (AvgIpc) is 2.45. The average molecular weight is 361 g/mol. The van der Waals surface area contributed by atoms with Crippen LogP contribution in [0.1, 0.15) is 25.7 Å². The molecule has 0 saturated carbocycles. The summed E-state index contributed by atoms with van der Waals surface area (Å²) in [5.41, 5.74) is 1.07. The number of hydrogen-bond donors (Lipinski definition) is 1. The molecule has 0 aliphatic carbocycles. The summed E-state index contributed by atoms with van der Waals surface area (Å²) < 4.78 is 12.5. The van der Waals surface area contributed by atoms with Crippen molar-refractivity contribution in [2.45, 2.75) is 37.3 Å². The molecule has 1 atom stereocenters. The first-order valence-corrected chi connectivity index (χ1v) is 8.28. The van der Waals surface area contributed by atoms with Crippen LogP contribution in [0.5, 0.6) is 0 Å². The molecule has 0 aromatic heterocycles. The van der Waals surface area contributed by atoms with Gasteiger partial charge in [-0.25, -0.2) is 0 Å². The van der Waals surface area contributed by atoms with Gasteiger partial charge in [-0.3, -0.25) is 0 Å². The number of rotatable bonds is 2. The predicted molar refractivity (Wildman–Crippen MR) is 84.5 cm³/mol. The minimum absolute atomic E-state index is 0.0131. The van der Waals surface area contributed by atoms with Gasteiger partial charge in [-0.15, -0.1) is 0 Å².